The Morgan fingerprint density at radius 3 is 2.78 bits per heavy atom. The molecule has 0 saturated carbocycles. The van der Waals surface area contributed by atoms with E-state index in [4.69, 9.17) is 6.42 Å². The molecule has 0 aliphatic heterocycles. The van der Waals surface area contributed by atoms with Gasteiger partial charge in [0.05, 0.1) is 0 Å². The molecule has 0 fully saturated rings. The van der Waals surface area contributed by atoms with Crippen LogP contribution in [0, 0.1) is 12.3 Å². The van der Waals surface area contributed by atoms with E-state index >= 15 is 0 Å². The van der Waals surface area contributed by atoms with E-state index < -0.39 is 0 Å². The summed E-state index contributed by atoms with van der Waals surface area (Å²) in [5.41, 5.74) is 0. The Balaban J connectivity index is 2.99. The van der Waals surface area contributed by atoms with Gasteiger partial charge in [-0.2, -0.15) is 0 Å². The summed E-state index contributed by atoms with van der Waals surface area (Å²) in [6.07, 6.45) is 7.08. The monoisotopic (exact) mass is 125 g/mol. The molecule has 0 aromatic rings. The predicted octanol–water partition coefficient (Wildman–Crippen LogP) is 1.40. The first-order valence-corrected chi connectivity index (χ1v) is 3.48. The van der Waals surface area contributed by atoms with Gasteiger partial charge < -0.3 is 5.32 Å². The summed E-state index contributed by atoms with van der Waals surface area (Å²) in [6.45, 7) is 5.27. The molecule has 0 amide bonds. The molecule has 0 rings (SSSR count). The van der Waals surface area contributed by atoms with Gasteiger partial charge in [0, 0.05) is 19.0 Å². The summed E-state index contributed by atoms with van der Waals surface area (Å²) in [7, 11) is 0. The molecule has 0 aromatic heterocycles. The van der Waals surface area contributed by atoms with Crippen LogP contribution in [0.4, 0.5) is 0 Å². The lowest BCUT2D eigenvalue weighted by Crippen LogP contribution is -2.25. The van der Waals surface area contributed by atoms with E-state index in [0.717, 1.165) is 13.0 Å². The van der Waals surface area contributed by atoms with Crippen molar-refractivity contribution in [3.05, 3.63) is 0 Å². The molecule has 0 radical (unpaired) electrons. The van der Waals surface area contributed by atoms with Crippen LogP contribution in [0.15, 0.2) is 0 Å². The van der Waals surface area contributed by atoms with Gasteiger partial charge in [-0.3, -0.25) is 0 Å². The van der Waals surface area contributed by atoms with E-state index in [1.165, 1.54) is 6.42 Å². The van der Waals surface area contributed by atoms with Crippen molar-refractivity contribution in [2.75, 3.05) is 6.54 Å². The molecule has 0 bridgehead atoms. The second-order valence-electron chi connectivity index (χ2n) is 2.22. The van der Waals surface area contributed by atoms with Crippen molar-refractivity contribution >= 4 is 0 Å². The number of rotatable bonds is 4. The van der Waals surface area contributed by atoms with E-state index in [1.54, 1.807) is 0 Å². The third-order valence-electron chi connectivity index (χ3n) is 1.37. The van der Waals surface area contributed by atoms with E-state index in [-0.39, 0.29) is 0 Å². The summed E-state index contributed by atoms with van der Waals surface area (Å²) in [4.78, 5) is 0. The highest BCUT2D eigenvalue weighted by Gasteiger charge is 1.92. The Kier molecular flexibility index (Phi) is 5.35. The van der Waals surface area contributed by atoms with Crippen LogP contribution < -0.4 is 5.32 Å². The maximum atomic E-state index is 5.07. The van der Waals surface area contributed by atoms with E-state index in [2.05, 4.69) is 25.1 Å². The van der Waals surface area contributed by atoms with Crippen LogP contribution in [-0.4, -0.2) is 12.6 Å². The second kappa shape index (κ2) is 5.65. The second-order valence-corrected chi connectivity index (χ2v) is 2.22. The van der Waals surface area contributed by atoms with Crippen molar-refractivity contribution in [2.24, 2.45) is 0 Å². The summed E-state index contributed by atoms with van der Waals surface area (Å²) in [5.74, 6) is 2.58. The Hall–Kier alpha value is -0.480. The molecular weight excluding hydrogens is 110 g/mol. The molecule has 0 aliphatic carbocycles. The Labute approximate surface area is 57.8 Å². The van der Waals surface area contributed by atoms with Crippen molar-refractivity contribution in [3.63, 3.8) is 0 Å². The highest BCUT2D eigenvalue weighted by atomic mass is 14.9. The lowest BCUT2D eigenvalue weighted by Gasteiger charge is -2.08. The Morgan fingerprint density at radius 1 is 1.67 bits per heavy atom. The standard InChI is InChI=1S/C8H15N/c1-4-6-7-9-8(3)5-2/h1,8-9H,5-7H2,2-3H3. The van der Waals surface area contributed by atoms with Crippen LogP contribution in [-0.2, 0) is 0 Å². The first-order chi connectivity index (χ1) is 4.31. The van der Waals surface area contributed by atoms with Crippen molar-refractivity contribution in [2.45, 2.75) is 32.7 Å². The lowest BCUT2D eigenvalue weighted by molar-refractivity contribution is 0.543. The first kappa shape index (κ1) is 8.52. The minimum atomic E-state index is 0.610. The van der Waals surface area contributed by atoms with Gasteiger partial charge in [-0.1, -0.05) is 6.92 Å². The third kappa shape index (κ3) is 5.39. The van der Waals surface area contributed by atoms with E-state index in [9.17, 15) is 0 Å². The van der Waals surface area contributed by atoms with Crippen LogP contribution in [0.25, 0.3) is 0 Å². The van der Waals surface area contributed by atoms with Crippen LogP contribution in [0.2, 0.25) is 0 Å². The van der Waals surface area contributed by atoms with Gasteiger partial charge in [0.2, 0.25) is 0 Å². The molecule has 0 aromatic carbocycles. The maximum Gasteiger partial charge on any atom is 0.0211 e. The van der Waals surface area contributed by atoms with Crippen molar-refractivity contribution < 1.29 is 0 Å². The highest BCUT2D eigenvalue weighted by molar-refractivity contribution is 4.84. The zero-order valence-corrected chi connectivity index (χ0v) is 6.28. The summed E-state index contributed by atoms with van der Waals surface area (Å²) < 4.78 is 0. The average molecular weight is 125 g/mol. The van der Waals surface area contributed by atoms with Crippen LogP contribution in [0.5, 0.6) is 0 Å². The normalized spacial score (nSPS) is 12.6. The molecule has 1 heteroatoms. The molecule has 1 nitrogen and oxygen atoms in total. The quantitative estimate of drug-likeness (QED) is 0.442. The largest absolute Gasteiger partial charge is 0.313 e. The third-order valence-corrected chi connectivity index (χ3v) is 1.37. The molecule has 52 valence electrons. The van der Waals surface area contributed by atoms with Gasteiger partial charge in [-0.15, -0.1) is 12.3 Å². The fraction of sp³-hybridized carbons (Fsp3) is 0.750. The zero-order chi connectivity index (χ0) is 7.11. The zero-order valence-electron chi connectivity index (χ0n) is 6.28. The predicted molar refractivity (Wildman–Crippen MR) is 41.2 cm³/mol. The van der Waals surface area contributed by atoms with Gasteiger partial charge in [0.25, 0.3) is 0 Å². The summed E-state index contributed by atoms with van der Waals surface area (Å²) >= 11 is 0. The molecular formula is C8H15N. The maximum absolute atomic E-state index is 5.07. The molecule has 1 unspecified atom stereocenters. The van der Waals surface area contributed by atoms with Gasteiger partial charge in [0.15, 0.2) is 0 Å². The molecule has 1 atom stereocenters. The number of terminal acetylenes is 1. The first-order valence-electron chi connectivity index (χ1n) is 3.48. The summed E-state index contributed by atoms with van der Waals surface area (Å²) in [5, 5.41) is 3.29. The van der Waals surface area contributed by atoms with Crippen LogP contribution in [0.1, 0.15) is 26.7 Å². The topological polar surface area (TPSA) is 12.0 Å². The van der Waals surface area contributed by atoms with Crippen molar-refractivity contribution in [1.29, 1.82) is 0 Å². The van der Waals surface area contributed by atoms with E-state index in [0.29, 0.717) is 6.04 Å². The van der Waals surface area contributed by atoms with Gasteiger partial charge >= 0.3 is 0 Å². The fourth-order valence-corrected chi connectivity index (χ4v) is 0.535. The number of hydrogen-bond acceptors (Lipinski definition) is 1. The fourth-order valence-electron chi connectivity index (χ4n) is 0.535. The van der Waals surface area contributed by atoms with Crippen LogP contribution >= 0.6 is 0 Å². The Morgan fingerprint density at radius 2 is 2.33 bits per heavy atom. The lowest BCUT2D eigenvalue weighted by atomic mass is 10.2. The molecule has 1 N–H and O–H groups in total. The molecule has 0 heterocycles. The Bertz CT molecular complexity index is 91.2. The van der Waals surface area contributed by atoms with E-state index in [1.807, 2.05) is 0 Å². The summed E-state index contributed by atoms with van der Waals surface area (Å²) in [6, 6.07) is 0.610. The smallest absolute Gasteiger partial charge is 0.0211 e. The van der Waals surface area contributed by atoms with Gasteiger partial charge in [-0.25, -0.2) is 0 Å². The number of hydrogen-bond donors (Lipinski definition) is 1. The number of nitrogens with one attached hydrogen (secondary N) is 1. The van der Waals surface area contributed by atoms with Crippen molar-refractivity contribution in [3.8, 4) is 12.3 Å². The minimum absolute atomic E-state index is 0.610. The minimum Gasteiger partial charge on any atom is -0.313 e. The van der Waals surface area contributed by atoms with Crippen LogP contribution in [0.3, 0.4) is 0 Å². The molecule has 9 heavy (non-hydrogen) atoms. The highest BCUT2D eigenvalue weighted by Crippen LogP contribution is 1.86. The average Bonchev–Trinajstić information content (AvgIpc) is 1.89. The molecule has 0 spiro atoms. The van der Waals surface area contributed by atoms with Gasteiger partial charge in [-0.05, 0) is 13.3 Å². The SMILES string of the molecule is C#CCCNC(C)CC. The van der Waals surface area contributed by atoms with Gasteiger partial charge in [0.1, 0.15) is 0 Å². The molecule has 0 saturated heterocycles. The molecule has 0 aliphatic rings. The van der Waals surface area contributed by atoms with Crippen molar-refractivity contribution in [1.82, 2.24) is 5.32 Å².